The standard InChI is InChI=1S/C22H35FN2O2.C20H31FN2O.CH4/c1-3-12-25(13-4-5-18-6-8-20(23)9-7-18)17-19-16-22(26-14-15-27-22)11-10-21(19)24-2;1-3-12-23(13-4-5-16-6-8-18(21)9-7-16)15-17-14-19(24)10-11-20(17)22-2;/h6-9,19,21,24H,3-5,10-17H2,1-2H3;6-9,17,20,22H,3-5,10-15H2,1-2H3;1H4/t19-,21+;17-,20+;/m00./s1. The van der Waals surface area contributed by atoms with Crippen molar-refractivity contribution in [2.75, 3.05) is 66.6 Å². The van der Waals surface area contributed by atoms with Crippen LogP contribution in [-0.4, -0.2) is 100 Å². The number of nitrogens with zero attached hydrogens (tertiary/aromatic N) is 2. The predicted octanol–water partition coefficient (Wildman–Crippen LogP) is 7.67. The molecule has 7 nitrogen and oxygen atoms in total. The predicted molar refractivity (Wildman–Crippen MR) is 210 cm³/mol. The summed E-state index contributed by atoms with van der Waals surface area (Å²) in [5.74, 6) is 0.713. The molecule has 1 saturated heterocycles. The van der Waals surface area contributed by atoms with E-state index in [1.165, 1.54) is 23.3 Å². The van der Waals surface area contributed by atoms with E-state index in [9.17, 15) is 13.6 Å². The average Bonchev–Trinajstić information content (AvgIpc) is 3.58. The maximum Gasteiger partial charge on any atom is 0.168 e. The van der Waals surface area contributed by atoms with Crippen LogP contribution < -0.4 is 10.6 Å². The van der Waals surface area contributed by atoms with E-state index >= 15 is 0 Å². The summed E-state index contributed by atoms with van der Waals surface area (Å²) in [6.07, 6.45) is 11.9. The summed E-state index contributed by atoms with van der Waals surface area (Å²) in [6, 6.07) is 14.7. The Morgan fingerprint density at radius 1 is 0.731 bits per heavy atom. The van der Waals surface area contributed by atoms with Gasteiger partial charge in [0.25, 0.3) is 0 Å². The number of halogens is 2. The zero-order chi connectivity index (χ0) is 36.5. The lowest BCUT2D eigenvalue weighted by Gasteiger charge is -2.42. The van der Waals surface area contributed by atoms with Crippen LogP contribution in [0.4, 0.5) is 8.78 Å². The van der Waals surface area contributed by atoms with Gasteiger partial charge in [-0.2, -0.15) is 0 Å². The van der Waals surface area contributed by atoms with Crippen molar-refractivity contribution in [2.24, 2.45) is 11.8 Å². The van der Waals surface area contributed by atoms with E-state index in [2.05, 4.69) is 41.3 Å². The van der Waals surface area contributed by atoms with E-state index < -0.39 is 0 Å². The monoisotopic (exact) mass is 729 g/mol. The van der Waals surface area contributed by atoms with Gasteiger partial charge in [-0.25, -0.2) is 8.78 Å². The Bertz CT molecular complexity index is 1260. The van der Waals surface area contributed by atoms with E-state index in [0.717, 1.165) is 123 Å². The van der Waals surface area contributed by atoms with Crippen molar-refractivity contribution in [3.05, 3.63) is 71.3 Å². The molecule has 0 radical (unpaired) electrons. The van der Waals surface area contributed by atoms with E-state index in [0.29, 0.717) is 36.1 Å². The van der Waals surface area contributed by atoms with Gasteiger partial charge in [-0.3, -0.25) is 4.79 Å². The number of hydrogen-bond donors (Lipinski definition) is 2. The van der Waals surface area contributed by atoms with Crippen molar-refractivity contribution >= 4 is 5.78 Å². The first-order chi connectivity index (χ1) is 24.8. The molecule has 9 heteroatoms. The molecule has 3 aliphatic rings. The van der Waals surface area contributed by atoms with Crippen molar-refractivity contribution in [1.29, 1.82) is 0 Å². The third-order valence-corrected chi connectivity index (χ3v) is 11.1. The van der Waals surface area contributed by atoms with Crippen LogP contribution in [0.15, 0.2) is 48.5 Å². The maximum atomic E-state index is 13.1. The number of hydrogen-bond acceptors (Lipinski definition) is 7. The quantitative estimate of drug-likeness (QED) is 0.164. The molecule has 1 aliphatic heterocycles. The molecule has 2 aromatic carbocycles. The van der Waals surface area contributed by atoms with E-state index in [1.54, 1.807) is 12.1 Å². The summed E-state index contributed by atoms with van der Waals surface area (Å²) in [5, 5.41) is 6.92. The lowest BCUT2D eigenvalue weighted by molar-refractivity contribution is -0.192. The molecule has 2 N–H and O–H groups in total. The Balaban J connectivity index is 0.000000277. The number of rotatable bonds is 18. The Morgan fingerprint density at radius 2 is 1.21 bits per heavy atom. The minimum atomic E-state index is -0.329. The lowest BCUT2D eigenvalue weighted by Crippen LogP contribution is -2.50. The van der Waals surface area contributed by atoms with Crippen LogP contribution in [0.25, 0.3) is 0 Å². The van der Waals surface area contributed by atoms with Gasteiger partial charge in [0.15, 0.2) is 5.79 Å². The number of nitrogens with one attached hydrogen (secondary N) is 2. The summed E-state index contributed by atoms with van der Waals surface area (Å²) in [6.45, 7) is 12.3. The lowest BCUT2D eigenvalue weighted by atomic mass is 9.80. The molecule has 0 bridgehead atoms. The number of Topliss-reactive ketones (excluding diaryl/α,β-unsaturated/α-hetero) is 1. The fraction of sp³-hybridized carbons (Fsp3) is 0.698. The van der Waals surface area contributed by atoms with Gasteiger partial charge in [0, 0.05) is 50.9 Å². The summed E-state index contributed by atoms with van der Waals surface area (Å²) in [5.41, 5.74) is 2.40. The molecular formula is C43H70F2N4O3. The zero-order valence-electron chi connectivity index (χ0n) is 31.9. The Labute approximate surface area is 314 Å². The topological polar surface area (TPSA) is 66.1 Å². The molecule has 2 saturated carbocycles. The third kappa shape index (κ3) is 14.5. The van der Waals surface area contributed by atoms with Crippen LogP contribution in [0, 0.1) is 23.5 Å². The first-order valence-corrected chi connectivity index (χ1v) is 19.8. The van der Waals surface area contributed by atoms with Crippen LogP contribution in [0.2, 0.25) is 0 Å². The third-order valence-electron chi connectivity index (χ3n) is 11.1. The van der Waals surface area contributed by atoms with Gasteiger partial charge in [-0.15, -0.1) is 0 Å². The second kappa shape index (κ2) is 23.5. The Hall–Kier alpha value is -2.27. The molecule has 2 aromatic rings. The number of ketones is 1. The molecule has 5 rings (SSSR count). The van der Waals surface area contributed by atoms with E-state index in [1.807, 2.05) is 31.3 Å². The SMILES string of the molecule is C.CCCN(CCCc1ccc(F)cc1)C[C@@H]1CC(=O)CC[C@H]1NC.CCCN(CCCc1ccc(F)cc1)C[C@@H]1CC2(CC[C@H]1NC)OCCO2. The van der Waals surface area contributed by atoms with Gasteiger partial charge in [0.05, 0.1) is 13.2 Å². The van der Waals surface area contributed by atoms with Gasteiger partial charge in [0.1, 0.15) is 17.4 Å². The van der Waals surface area contributed by atoms with Gasteiger partial charge in [-0.05, 0) is 139 Å². The number of carbonyl (C=O) groups is 1. The average molecular weight is 729 g/mol. The molecule has 4 atom stereocenters. The second-order valence-electron chi connectivity index (χ2n) is 15.0. The molecule has 3 fully saturated rings. The Morgan fingerprint density at radius 3 is 1.69 bits per heavy atom. The highest BCUT2D eigenvalue weighted by Crippen LogP contribution is 2.39. The van der Waals surface area contributed by atoms with Gasteiger partial charge in [-0.1, -0.05) is 45.5 Å². The van der Waals surface area contributed by atoms with Crippen LogP contribution >= 0.6 is 0 Å². The van der Waals surface area contributed by atoms with Crippen LogP contribution in [0.1, 0.15) is 96.6 Å². The minimum Gasteiger partial charge on any atom is -0.348 e. The molecule has 0 unspecified atom stereocenters. The first-order valence-electron chi connectivity index (χ1n) is 19.8. The smallest absolute Gasteiger partial charge is 0.168 e. The molecule has 1 spiro atoms. The van der Waals surface area contributed by atoms with Gasteiger partial charge < -0.3 is 29.9 Å². The molecule has 0 aromatic heterocycles. The highest BCUT2D eigenvalue weighted by atomic mass is 19.1. The number of carbonyl (C=O) groups excluding carboxylic acids is 1. The zero-order valence-corrected chi connectivity index (χ0v) is 31.9. The van der Waals surface area contributed by atoms with Gasteiger partial charge in [0.2, 0.25) is 0 Å². The van der Waals surface area contributed by atoms with Crippen LogP contribution in [0.3, 0.4) is 0 Å². The minimum absolute atomic E-state index is 0. The van der Waals surface area contributed by atoms with Crippen molar-refractivity contribution in [1.82, 2.24) is 20.4 Å². The van der Waals surface area contributed by atoms with Crippen molar-refractivity contribution in [3.8, 4) is 0 Å². The van der Waals surface area contributed by atoms with Crippen molar-refractivity contribution < 1.29 is 23.0 Å². The Kier molecular flexibility index (Phi) is 19.9. The van der Waals surface area contributed by atoms with E-state index in [4.69, 9.17) is 9.47 Å². The first kappa shape index (κ1) is 44.1. The van der Waals surface area contributed by atoms with Crippen LogP contribution in [-0.2, 0) is 27.1 Å². The molecule has 52 heavy (non-hydrogen) atoms. The molecule has 2 aliphatic carbocycles. The number of ether oxygens (including phenoxy) is 2. The molecule has 0 amide bonds. The van der Waals surface area contributed by atoms with E-state index in [-0.39, 0.29) is 24.8 Å². The molecule has 1 heterocycles. The van der Waals surface area contributed by atoms with Crippen molar-refractivity contribution in [3.63, 3.8) is 0 Å². The summed E-state index contributed by atoms with van der Waals surface area (Å²) in [4.78, 5) is 16.9. The summed E-state index contributed by atoms with van der Waals surface area (Å²) in [7, 11) is 4.08. The molecule has 294 valence electrons. The normalized spacial score (nSPS) is 22.7. The van der Waals surface area contributed by atoms with Gasteiger partial charge >= 0.3 is 0 Å². The van der Waals surface area contributed by atoms with Crippen LogP contribution in [0.5, 0.6) is 0 Å². The maximum absolute atomic E-state index is 13.1. The largest absolute Gasteiger partial charge is 0.348 e. The molecular weight excluding hydrogens is 658 g/mol. The fourth-order valence-electron chi connectivity index (χ4n) is 8.45. The second-order valence-corrected chi connectivity index (χ2v) is 15.0. The highest BCUT2D eigenvalue weighted by Gasteiger charge is 2.45. The fourth-order valence-corrected chi connectivity index (χ4v) is 8.45. The number of benzene rings is 2. The summed E-state index contributed by atoms with van der Waals surface area (Å²) < 4.78 is 38.0. The van der Waals surface area contributed by atoms with Crippen molar-refractivity contribution in [2.45, 2.75) is 116 Å². The summed E-state index contributed by atoms with van der Waals surface area (Å²) >= 11 is 0. The number of aryl methyl sites for hydroxylation is 2. The highest BCUT2D eigenvalue weighted by molar-refractivity contribution is 5.79.